The molecular weight excluding hydrogens is 776 g/mol. The van der Waals surface area contributed by atoms with E-state index in [2.05, 4.69) is 0 Å². The highest BCUT2D eigenvalue weighted by molar-refractivity contribution is 7.91. The molecule has 0 saturated carbocycles. The lowest BCUT2D eigenvalue weighted by Gasteiger charge is -2.16. The maximum absolute atomic E-state index is 13.4. The number of hydrogen-bond acceptors (Lipinski definition) is 6. The molecule has 0 spiro atoms. The molecule has 2 heterocycles. The molecule has 4 amide bonds. The molecule has 45 heavy (non-hydrogen) atoms. The fourth-order valence-electron chi connectivity index (χ4n) is 4.85. The third kappa shape index (κ3) is 4.67. The fourth-order valence-corrected chi connectivity index (χ4v) is 8.14. The molecule has 0 bridgehead atoms. The molecule has 2 aliphatic rings. The molecule has 0 atom stereocenters. The number of sulfone groups is 1. The summed E-state index contributed by atoms with van der Waals surface area (Å²) in [7, 11) is -4.16. The van der Waals surface area contributed by atoms with Gasteiger partial charge in [0.25, 0.3) is 23.6 Å². The zero-order valence-corrected chi connectivity index (χ0v) is 28.3. The standard InChI is InChI=1S/C28H8Cl8N2O6S/c29-17-13-14(18(30)22(34)21(17)33)26(40)37(25(13)39)9-1-5-11(6-2-9)45(43,44)12-7-3-10(4-8-12)38-27(41)15-16(28(38)42)20(32)24(36)23(35)19(15)31/h1-8H. The molecule has 2 aliphatic heterocycles. The average Bonchev–Trinajstić information content (AvgIpc) is 3.44. The van der Waals surface area contributed by atoms with Crippen LogP contribution in [0, 0.1) is 0 Å². The Bertz CT molecular complexity index is 1950. The second kappa shape index (κ2) is 11.3. The van der Waals surface area contributed by atoms with Crippen molar-refractivity contribution in [2.24, 2.45) is 0 Å². The number of fused-ring (bicyclic) bond motifs is 2. The van der Waals surface area contributed by atoms with Gasteiger partial charge in [0.1, 0.15) is 0 Å². The number of halogens is 8. The van der Waals surface area contributed by atoms with Gasteiger partial charge >= 0.3 is 0 Å². The molecule has 17 heteroatoms. The first-order valence-electron chi connectivity index (χ1n) is 12.1. The molecule has 0 unspecified atom stereocenters. The van der Waals surface area contributed by atoms with Crippen molar-refractivity contribution in [2.45, 2.75) is 9.79 Å². The number of hydrogen-bond donors (Lipinski definition) is 0. The zero-order valence-electron chi connectivity index (χ0n) is 21.4. The maximum atomic E-state index is 13.4. The van der Waals surface area contributed by atoms with Gasteiger partial charge in [0.05, 0.1) is 83.6 Å². The number of amides is 4. The molecule has 0 fully saturated rings. The van der Waals surface area contributed by atoms with Gasteiger partial charge in [-0.3, -0.25) is 19.2 Å². The predicted molar refractivity (Wildman–Crippen MR) is 174 cm³/mol. The minimum absolute atomic E-state index is 0.0260. The summed E-state index contributed by atoms with van der Waals surface area (Å²) in [5, 5.41) is -1.75. The lowest BCUT2D eigenvalue weighted by atomic mass is 10.1. The molecular formula is C28H8Cl8N2O6S. The van der Waals surface area contributed by atoms with Crippen molar-refractivity contribution in [1.82, 2.24) is 0 Å². The van der Waals surface area contributed by atoms with Crippen LogP contribution in [-0.4, -0.2) is 32.0 Å². The van der Waals surface area contributed by atoms with E-state index in [4.69, 9.17) is 92.8 Å². The van der Waals surface area contributed by atoms with Crippen molar-refractivity contribution in [2.75, 3.05) is 9.80 Å². The number of carbonyl (C=O) groups excluding carboxylic acids is 4. The Balaban J connectivity index is 1.29. The summed E-state index contributed by atoms with van der Waals surface area (Å²) in [4.78, 5) is 53.7. The third-order valence-corrected chi connectivity index (χ3v) is 12.4. The number of anilines is 2. The molecule has 228 valence electrons. The summed E-state index contributed by atoms with van der Waals surface area (Å²) in [6, 6.07) is 9.74. The highest BCUT2D eigenvalue weighted by atomic mass is 35.5. The minimum Gasteiger partial charge on any atom is -0.268 e. The van der Waals surface area contributed by atoms with Crippen LogP contribution in [-0.2, 0) is 9.84 Å². The largest absolute Gasteiger partial charge is 0.268 e. The highest BCUT2D eigenvalue weighted by Crippen LogP contribution is 2.47. The van der Waals surface area contributed by atoms with Gasteiger partial charge < -0.3 is 0 Å². The summed E-state index contributed by atoms with van der Waals surface area (Å²) in [6.07, 6.45) is 0. The van der Waals surface area contributed by atoms with Crippen LogP contribution in [0.5, 0.6) is 0 Å². The SMILES string of the molecule is O=C1c2c(Cl)c(Cl)c(Cl)c(Cl)c2C(=O)N1c1ccc(S(=O)(=O)c2ccc(N3C(=O)c4c(Cl)c(Cl)c(Cl)c(Cl)c4C3=O)cc2)cc1. The van der Waals surface area contributed by atoms with Crippen LogP contribution in [0.15, 0.2) is 58.3 Å². The summed E-state index contributed by atoms with van der Waals surface area (Å²) in [6.45, 7) is 0. The molecule has 0 radical (unpaired) electrons. The first-order valence-corrected chi connectivity index (χ1v) is 16.6. The summed E-state index contributed by atoms with van der Waals surface area (Å²) in [5.41, 5.74) is -0.868. The van der Waals surface area contributed by atoms with Crippen LogP contribution in [0.4, 0.5) is 11.4 Å². The van der Waals surface area contributed by atoms with E-state index in [0.717, 1.165) is 9.80 Å². The van der Waals surface area contributed by atoms with Crippen molar-refractivity contribution in [3.8, 4) is 0 Å². The Labute approximate surface area is 293 Å². The van der Waals surface area contributed by atoms with Crippen LogP contribution in [0.1, 0.15) is 41.4 Å². The van der Waals surface area contributed by atoms with Gasteiger partial charge in [-0.15, -0.1) is 0 Å². The average molecular weight is 784 g/mol. The second-order valence-electron chi connectivity index (χ2n) is 9.39. The maximum Gasteiger partial charge on any atom is 0.267 e. The fraction of sp³-hybridized carbons (Fsp3) is 0. The lowest BCUT2D eigenvalue weighted by molar-refractivity contribution is 0.0910. The van der Waals surface area contributed by atoms with E-state index >= 15 is 0 Å². The van der Waals surface area contributed by atoms with Crippen LogP contribution in [0.2, 0.25) is 40.2 Å². The number of carbonyl (C=O) groups is 4. The number of benzene rings is 4. The summed E-state index contributed by atoms with van der Waals surface area (Å²) < 4.78 is 26.8. The van der Waals surface area contributed by atoms with Gasteiger partial charge in [-0.1, -0.05) is 92.8 Å². The molecule has 0 aromatic heterocycles. The zero-order chi connectivity index (χ0) is 32.9. The molecule has 6 rings (SSSR count). The van der Waals surface area contributed by atoms with E-state index in [1.165, 1.54) is 48.5 Å². The number of imide groups is 2. The van der Waals surface area contributed by atoms with Gasteiger partial charge in [-0.05, 0) is 48.5 Å². The Hall–Kier alpha value is -2.57. The van der Waals surface area contributed by atoms with Gasteiger partial charge in [-0.2, -0.15) is 0 Å². The predicted octanol–water partition coefficient (Wildman–Crippen LogP) is 9.35. The van der Waals surface area contributed by atoms with Crippen molar-refractivity contribution in [3.05, 3.63) is 111 Å². The van der Waals surface area contributed by atoms with E-state index in [9.17, 15) is 27.6 Å². The first kappa shape index (κ1) is 32.4. The number of rotatable bonds is 4. The van der Waals surface area contributed by atoms with Gasteiger partial charge in [0.15, 0.2) is 0 Å². The topological polar surface area (TPSA) is 109 Å². The van der Waals surface area contributed by atoms with Crippen molar-refractivity contribution >= 4 is 138 Å². The van der Waals surface area contributed by atoms with Crippen molar-refractivity contribution in [3.63, 3.8) is 0 Å². The lowest BCUT2D eigenvalue weighted by Crippen LogP contribution is -2.29. The Morgan fingerprint density at radius 3 is 0.822 bits per heavy atom. The van der Waals surface area contributed by atoms with Gasteiger partial charge in [0.2, 0.25) is 9.84 Å². The van der Waals surface area contributed by atoms with E-state index in [-0.39, 0.29) is 83.6 Å². The normalized spacial score (nSPS) is 14.5. The molecule has 0 saturated heterocycles. The highest BCUT2D eigenvalue weighted by Gasteiger charge is 2.44. The number of nitrogens with zero attached hydrogens (tertiary/aromatic N) is 2. The summed E-state index contributed by atoms with van der Waals surface area (Å²) in [5.74, 6) is -3.31. The van der Waals surface area contributed by atoms with E-state index < -0.39 is 33.5 Å². The second-order valence-corrected chi connectivity index (χ2v) is 14.4. The van der Waals surface area contributed by atoms with Gasteiger partial charge in [0, 0.05) is 0 Å². The smallest absolute Gasteiger partial charge is 0.267 e. The van der Waals surface area contributed by atoms with E-state index in [1.54, 1.807) is 0 Å². The molecule has 4 aromatic carbocycles. The molecule has 4 aromatic rings. The third-order valence-electron chi connectivity index (χ3n) is 7.01. The monoisotopic (exact) mass is 780 g/mol. The molecule has 8 nitrogen and oxygen atoms in total. The molecule has 0 aliphatic carbocycles. The van der Waals surface area contributed by atoms with Gasteiger partial charge in [-0.25, -0.2) is 18.2 Å². The van der Waals surface area contributed by atoms with E-state index in [0.29, 0.717) is 0 Å². The van der Waals surface area contributed by atoms with E-state index in [1.807, 2.05) is 0 Å². The molecule has 0 N–H and O–H groups in total. The van der Waals surface area contributed by atoms with Crippen LogP contribution >= 0.6 is 92.8 Å². The van der Waals surface area contributed by atoms with Crippen LogP contribution in [0.25, 0.3) is 0 Å². The quantitative estimate of drug-likeness (QED) is 0.116. The minimum atomic E-state index is -4.16. The van der Waals surface area contributed by atoms with Crippen molar-refractivity contribution in [1.29, 1.82) is 0 Å². The van der Waals surface area contributed by atoms with Crippen LogP contribution in [0.3, 0.4) is 0 Å². The Morgan fingerprint density at radius 1 is 0.378 bits per heavy atom. The van der Waals surface area contributed by atoms with Crippen LogP contribution < -0.4 is 9.80 Å². The Morgan fingerprint density at radius 2 is 0.600 bits per heavy atom. The Kier molecular flexibility index (Phi) is 8.13. The first-order chi connectivity index (χ1) is 21.1. The van der Waals surface area contributed by atoms with Crippen molar-refractivity contribution < 1.29 is 27.6 Å². The summed E-state index contributed by atoms with van der Waals surface area (Å²) >= 11 is 49.0.